The van der Waals surface area contributed by atoms with Gasteiger partial charge in [-0.25, -0.2) is 8.42 Å². The minimum absolute atomic E-state index is 0.00625. The number of hydrogen-bond acceptors (Lipinski definition) is 5. The van der Waals surface area contributed by atoms with Gasteiger partial charge < -0.3 is 10.6 Å². The predicted octanol–water partition coefficient (Wildman–Crippen LogP) is 4.35. The van der Waals surface area contributed by atoms with E-state index in [1.807, 2.05) is 5.38 Å². The third kappa shape index (κ3) is 6.55. The molecule has 0 saturated carbocycles. The number of carbonyl (C=O) groups excluding carboxylic acids is 2. The van der Waals surface area contributed by atoms with Crippen LogP contribution in [0.2, 0.25) is 5.02 Å². The van der Waals surface area contributed by atoms with Crippen LogP contribution in [-0.2, 0) is 14.8 Å². The van der Waals surface area contributed by atoms with Gasteiger partial charge in [-0.3, -0.25) is 14.3 Å². The molecule has 0 bridgehead atoms. The second kappa shape index (κ2) is 10.4. The van der Waals surface area contributed by atoms with Crippen molar-refractivity contribution in [3.05, 3.63) is 75.9 Å². The van der Waals surface area contributed by atoms with Gasteiger partial charge in [0, 0.05) is 29.6 Å². The van der Waals surface area contributed by atoms with Crippen molar-refractivity contribution >= 4 is 56.2 Å². The Hall–Kier alpha value is -2.88. The van der Waals surface area contributed by atoms with Gasteiger partial charge in [0.2, 0.25) is 5.91 Å². The molecule has 0 saturated heterocycles. The van der Waals surface area contributed by atoms with Crippen LogP contribution in [0.25, 0.3) is 0 Å². The van der Waals surface area contributed by atoms with Gasteiger partial charge in [-0.1, -0.05) is 29.8 Å². The summed E-state index contributed by atoms with van der Waals surface area (Å²) in [7, 11) is -3.88. The van der Waals surface area contributed by atoms with Gasteiger partial charge in [0.1, 0.15) is 0 Å². The van der Waals surface area contributed by atoms with E-state index in [0.717, 1.165) is 0 Å². The van der Waals surface area contributed by atoms with Crippen LogP contribution in [0.3, 0.4) is 0 Å². The number of amides is 2. The Morgan fingerprint density at radius 3 is 2.58 bits per heavy atom. The van der Waals surface area contributed by atoms with E-state index < -0.39 is 10.0 Å². The summed E-state index contributed by atoms with van der Waals surface area (Å²) in [6.07, 6.45) is 0.631. The van der Waals surface area contributed by atoms with E-state index in [4.69, 9.17) is 11.6 Å². The van der Waals surface area contributed by atoms with E-state index in [1.54, 1.807) is 41.8 Å². The molecule has 162 valence electrons. The molecule has 3 aromatic rings. The van der Waals surface area contributed by atoms with Crippen molar-refractivity contribution < 1.29 is 18.0 Å². The van der Waals surface area contributed by atoms with Crippen LogP contribution in [0.4, 0.5) is 11.4 Å². The van der Waals surface area contributed by atoms with Crippen molar-refractivity contribution in [1.82, 2.24) is 5.32 Å². The Morgan fingerprint density at radius 2 is 1.84 bits per heavy atom. The molecule has 0 spiro atoms. The van der Waals surface area contributed by atoms with Crippen LogP contribution >= 0.6 is 22.9 Å². The normalized spacial score (nSPS) is 11.0. The minimum Gasteiger partial charge on any atom is -0.352 e. The number of anilines is 2. The molecule has 3 N–H and O–H groups in total. The zero-order chi connectivity index (χ0) is 22.3. The van der Waals surface area contributed by atoms with Gasteiger partial charge in [0.15, 0.2) is 0 Å². The topological polar surface area (TPSA) is 104 Å². The van der Waals surface area contributed by atoms with Gasteiger partial charge in [0.25, 0.3) is 15.9 Å². The number of hydrogen-bond donors (Lipinski definition) is 3. The Labute approximate surface area is 189 Å². The van der Waals surface area contributed by atoms with Crippen LogP contribution in [-0.4, -0.2) is 26.8 Å². The highest BCUT2D eigenvalue weighted by molar-refractivity contribution is 7.92. The van der Waals surface area contributed by atoms with Gasteiger partial charge in [-0.05, 0) is 48.2 Å². The Kier molecular flexibility index (Phi) is 7.67. The lowest BCUT2D eigenvalue weighted by Gasteiger charge is -2.11. The number of rotatable bonds is 9. The molecule has 0 unspecified atom stereocenters. The summed E-state index contributed by atoms with van der Waals surface area (Å²) in [5.74, 6) is -0.455. The summed E-state index contributed by atoms with van der Waals surface area (Å²) in [6, 6.07) is 14.2. The van der Waals surface area contributed by atoms with E-state index >= 15 is 0 Å². The molecular weight excluding hydrogens is 458 g/mol. The predicted molar refractivity (Wildman–Crippen MR) is 123 cm³/mol. The maximum Gasteiger partial charge on any atom is 0.262 e. The van der Waals surface area contributed by atoms with Crippen molar-refractivity contribution in [3.63, 3.8) is 0 Å². The van der Waals surface area contributed by atoms with Gasteiger partial charge >= 0.3 is 0 Å². The monoisotopic (exact) mass is 477 g/mol. The third-order valence-electron chi connectivity index (χ3n) is 4.20. The molecule has 0 radical (unpaired) electrons. The van der Waals surface area contributed by atoms with Crippen LogP contribution < -0.4 is 15.4 Å². The van der Waals surface area contributed by atoms with Crippen molar-refractivity contribution in [1.29, 1.82) is 0 Å². The number of para-hydroxylation sites is 1. The van der Waals surface area contributed by atoms with E-state index in [2.05, 4.69) is 15.4 Å². The first-order valence-corrected chi connectivity index (χ1v) is 12.1. The fraction of sp³-hybridized carbons (Fsp3) is 0.143. The highest BCUT2D eigenvalue weighted by Crippen LogP contribution is 2.25. The molecule has 0 atom stereocenters. The molecule has 0 fully saturated rings. The summed E-state index contributed by atoms with van der Waals surface area (Å²) in [6.45, 7) is 0.359. The Morgan fingerprint density at radius 1 is 1.03 bits per heavy atom. The van der Waals surface area contributed by atoms with E-state index in [1.165, 1.54) is 29.5 Å². The SMILES string of the molecule is O=C(CCCNC(=O)c1ccsc1)Nc1cccc(S(=O)(=O)Nc2ccccc2Cl)c1. The Bertz CT molecular complexity index is 1160. The lowest BCUT2D eigenvalue weighted by molar-refractivity contribution is -0.116. The molecule has 0 aliphatic rings. The molecule has 1 aromatic heterocycles. The fourth-order valence-corrected chi connectivity index (χ4v) is 4.66. The molecular formula is C21H20ClN3O4S2. The highest BCUT2D eigenvalue weighted by Gasteiger charge is 2.16. The zero-order valence-electron chi connectivity index (χ0n) is 16.3. The molecule has 10 heteroatoms. The smallest absolute Gasteiger partial charge is 0.262 e. The molecule has 3 rings (SSSR count). The van der Waals surface area contributed by atoms with Crippen LogP contribution in [0.1, 0.15) is 23.2 Å². The minimum atomic E-state index is -3.88. The van der Waals surface area contributed by atoms with E-state index in [-0.39, 0.29) is 33.8 Å². The first-order valence-electron chi connectivity index (χ1n) is 9.33. The largest absolute Gasteiger partial charge is 0.352 e. The number of carbonyl (C=O) groups is 2. The van der Waals surface area contributed by atoms with Crippen molar-refractivity contribution in [2.75, 3.05) is 16.6 Å². The zero-order valence-corrected chi connectivity index (χ0v) is 18.7. The molecule has 0 aliphatic carbocycles. The number of sulfonamides is 1. The molecule has 2 amide bonds. The fourth-order valence-electron chi connectivity index (χ4n) is 2.66. The first-order chi connectivity index (χ1) is 14.8. The quantitative estimate of drug-likeness (QED) is 0.398. The number of nitrogens with one attached hydrogen (secondary N) is 3. The van der Waals surface area contributed by atoms with Crippen LogP contribution in [0.5, 0.6) is 0 Å². The number of benzene rings is 2. The van der Waals surface area contributed by atoms with Gasteiger partial charge in [-0.2, -0.15) is 11.3 Å². The summed E-state index contributed by atoms with van der Waals surface area (Å²) >= 11 is 7.46. The van der Waals surface area contributed by atoms with Crippen molar-refractivity contribution in [3.8, 4) is 0 Å². The summed E-state index contributed by atoms with van der Waals surface area (Å²) < 4.78 is 27.7. The lowest BCUT2D eigenvalue weighted by Crippen LogP contribution is -2.25. The molecule has 2 aromatic carbocycles. The second-order valence-corrected chi connectivity index (χ2v) is 9.40. The summed E-state index contributed by atoms with van der Waals surface area (Å²) in [5, 5.41) is 9.28. The van der Waals surface area contributed by atoms with Crippen LogP contribution in [0, 0.1) is 0 Å². The average Bonchev–Trinajstić information content (AvgIpc) is 3.28. The number of halogens is 1. The molecule has 7 nitrogen and oxygen atoms in total. The second-order valence-electron chi connectivity index (χ2n) is 6.53. The van der Waals surface area contributed by atoms with Crippen molar-refractivity contribution in [2.24, 2.45) is 0 Å². The van der Waals surface area contributed by atoms with E-state index in [0.29, 0.717) is 24.2 Å². The van der Waals surface area contributed by atoms with Gasteiger partial charge in [0.05, 0.1) is 15.6 Å². The number of thiophene rings is 1. The van der Waals surface area contributed by atoms with Crippen LogP contribution in [0.15, 0.2) is 70.3 Å². The Balaban J connectivity index is 1.53. The highest BCUT2D eigenvalue weighted by atomic mass is 35.5. The van der Waals surface area contributed by atoms with Gasteiger partial charge in [-0.15, -0.1) is 0 Å². The summed E-state index contributed by atoms with van der Waals surface area (Å²) in [5.41, 5.74) is 1.22. The standard InChI is InChI=1S/C21H20ClN3O4S2/c22-18-7-1-2-8-19(18)25-31(28,29)17-6-3-5-16(13-17)24-20(26)9-4-11-23-21(27)15-10-12-30-14-15/h1-3,5-8,10,12-14,25H,4,9,11H2,(H,23,27)(H,24,26). The maximum atomic E-state index is 12.6. The average molecular weight is 478 g/mol. The molecule has 31 heavy (non-hydrogen) atoms. The molecule has 1 heterocycles. The van der Waals surface area contributed by atoms with E-state index in [9.17, 15) is 18.0 Å². The molecule has 0 aliphatic heterocycles. The van der Waals surface area contributed by atoms with Crippen molar-refractivity contribution in [2.45, 2.75) is 17.7 Å². The third-order valence-corrected chi connectivity index (χ3v) is 6.57. The maximum absolute atomic E-state index is 12.6. The summed E-state index contributed by atoms with van der Waals surface area (Å²) in [4.78, 5) is 24.0. The first kappa shape index (κ1) is 22.8. The lowest BCUT2D eigenvalue weighted by atomic mass is 10.2.